The Labute approximate surface area is 129 Å². The number of hydrogen-bond acceptors (Lipinski definition) is 4. The van der Waals surface area contributed by atoms with Crippen molar-refractivity contribution in [2.75, 3.05) is 0 Å². The minimum absolute atomic E-state index is 0.0493. The van der Waals surface area contributed by atoms with Crippen molar-refractivity contribution < 1.29 is 17.9 Å². The summed E-state index contributed by atoms with van der Waals surface area (Å²) in [6, 6.07) is 8.21. The third-order valence-corrected chi connectivity index (χ3v) is 5.19. The van der Waals surface area contributed by atoms with Crippen LogP contribution in [0.5, 0.6) is 0 Å². The zero-order valence-corrected chi connectivity index (χ0v) is 13.3. The van der Waals surface area contributed by atoms with Crippen molar-refractivity contribution in [3.05, 3.63) is 51.3 Å². The van der Waals surface area contributed by atoms with Gasteiger partial charge in [0, 0.05) is 17.6 Å². The van der Waals surface area contributed by atoms with Crippen molar-refractivity contribution in [2.45, 2.75) is 18.0 Å². The molecule has 0 bridgehead atoms. The van der Waals surface area contributed by atoms with Crippen molar-refractivity contribution in [1.29, 1.82) is 0 Å². The van der Waals surface area contributed by atoms with Crippen LogP contribution in [0.25, 0.3) is 0 Å². The highest BCUT2D eigenvalue weighted by Gasteiger charge is 2.22. The van der Waals surface area contributed by atoms with E-state index in [0.717, 1.165) is 0 Å². The van der Waals surface area contributed by atoms with Gasteiger partial charge in [0.25, 0.3) is 0 Å². The molecule has 0 atom stereocenters. The van der Waals surface area contributed by atoms with Gasteiger partial charge in [-0.2, -0.15) is 0 Å². The van der Waals surface area contributed by atoms with Crippen LogP contribution >= 0.6 is 27.5 Å². The number of furan rings is 1. The van der Waals surface area contributed by atoms with Gasteiger partial charge in [-0.25, -0.2) is 13.1 Å². The summed E-state index contributed by atoms with van der Waals surface area (Å²) in [6.45, 7) is -0.313. The van der Waals surface area contributed by atoms with E-state index in [9.17, 15) is 8.42 Å². The van der Waals surface area contributed by atoms with Crippen molar-refractivity contribution in [3.63, 3.8) is 0 Å². The number of benzene rings is 1. The van der Waals surface area contributed by atoms with Crippen LogP contribution in [0.4, 0.5) is 0 Å². The monoisotopic (exact) mass is 379 g/mol. The van der Waals surface area contributed by atoms with Crippen LogP contribution in [0.15, 0.2) is 44.3 Å². The minimum atomic E-state index is -3.76. The molecule has 2 rings (SSSR count). The predicted octanol–water partition coefficient (Wildman–Crippen LogP) is 2.67. The lowest BCUT2D eigenvalue weighted by Crippen LogP contribution is -2.23. The number of hydrogen-bond donors (Lipinski definition) is 2. The van der Waals surface area contributed by atoms with Gasteiger partial charge in [0.05, 0.1) is 0 Å². The first-order valence-corrected chi connectivity index (χ1v) is 8.21. The number of aliphatic hydroxyl groups is 1. The Kier molecular flexibility index (Phi) is 4.87. The van der Waals surface area contributed by atoms with E-state index in [1.807, 2.05) is 0 Å². The van der Waals surface area contributed by atoms with Gasteiger partial charge in [0.15, 0.2) is 4.67 Å². The molecule has 20 heavy (non-hydrogen) atoms. The minimum Gasteiger partial charge on any atom is -0.450 e. The second-order valence-electron chi connectivity index (χ2n) is 3.92. The van der Waals surface area contributed by atoms with Gasteiger partial charge in [-0.1, -0.05) is 29.8 Å². The van der Waals surface area contributed by atoms with Crippen LogP contribution in [0.3, 0.4) is 0 Å². The normalized spacial score (nSPS) is 11.8. The number of nitrogens with one attached hydrogen (secondary N) is 1. The fraction of sp³-hybridized carbons (Fsp3) is 0.167. The molecule has 2 N–H and O–H groups in total. The highest BCUT2D eigenvalue weighted by Crippen LogP contribution is 2.26. The Morgan fingerprint density at radius 1 is 1.35 bits per heavy atom. The SMILES string of the molecule is O=S(=O)(NCc1ccccc1Cl)c1cc(CO)oc1Br. The smallest absolute Gasteiger partial charge is 0.245 e. The van der Waals surface area contributed by atoms with E-state index in [4.69, 9.17) is 21.1 Å². The first-order valence-electron chi connectivity index (χ1n) is 5.56. The average Bonchev–Trinajstić information content (AvgIpc) is 2.80. The molecule has 1 aromatic heterocycles. The maximum Gasteiger partial charge on any atom is 0.245 e. The molecule has 0 fully saturated rings. The van der Waals surface area contributed by atoms with E-state index in [0.29, 0.717) is 10.6 Å². The Hall–Kier alpha value is -0.860. The summed E-state index contributed by atoms with van der Waals surface area (Å²) >= 11 is 8.97. The van der Waals surface area contributed by atoms with Gasteiger partial charge in [-0.05, 0) is 27.6 Å². The van der Waals surface area contributed by atoms with Crippen molar-refractivity contribution in [3.8, 4) is 0 Å². The molecule has 0 saturated heterocycles. The van der Waals surface area contributed by atoms with Gasteiger partial charge in [0.1, 0.15) is 17.3 Å². The van der Waals surface area contributed by atoms with Gasteiger partial charge < -0.3 is 9.52 Å². The van der Waals surface area contributed by atoms with Crippen molar-refractivity contribution >= 4 is 37.6 Å². The summed E-state index contributed by atoms with van der Waals surface area (Å²) in [5, 5.41) is 9.42. The Bertz CT molecular complexity index is 714. The highest BCUT2D eigenvalue weighted by molar-refractivity contribution is 9.10. The molecule has 0 aliphatic rings. The summed E-state index contributed by atoms with van der Waals surface area (Å²) in [4.78, 5) is -0.0615. The predicted molar refractivity (Wildman–Crippen MR) is 77.8 cm³/mol. The molecule has 0 spiro atoms. The highest BCUT2D eigenvalue weighted by atomic mass is 79.9. The van der Waals surface area contributed by atoms with Crippen LogP contribution < -0.4 is 4.72 Å². The number of rotatable bonds is 5. The molecule has 1 heterocycles. The third-order valence-electron chi connectivity index (χ3n) is 2.56. The summed E-state index contributed by atoms with van der Waals surface area (Å²) in [5.41, 5.74) is 0.666. The average molecular weight is 381 g/mol. The molecule has 8 heteroatoms. The van der Waals surface area contributed by atoms with E-state index in [2.05, 4.69) is 20.7 Å². The van der Waals surface area contributed by atoms with Crippen LogP contribution in [-0.4, -0.2) is 13.5 Å². The van der Waals surface area contributed by atoms with E-state index >= 15 is 0 Å². The van der Waals surface area contributed by atoms with Crippen LogP contribution in [-0.2, 0) is 23.2 Å². The summed E-state index contributed by atoms with van der Waals surface area (Å²) in [5.74, 6) is 0.162. The van der Waals surface area contributed by atoms with E-state index in [1.165, 1.54) is 6.07 Å². The second kappa shape index (κ2) is 6.28. The van der Waals surface area contributed by atoms with Gasteiger partial charge in [-0.3, -0.25) is 0 Å². The molecule has 0 unspecified atom stereocenters. The molecular weight excluding hydrogens is 370 g/mol. The molecule has 0 aliphatic carbocycles. The molecule has 5 nitrogen and oxygen atoms in total. The fourth-order valence-corrected chi connectivity index (χ4v) is 3.76. The first-order chi connectivity index (χ1) is 9.44. The van der Waals surface area contributed by atoms with E-state index in [-0.39, 0.29) is 28.5 Å². The molecule has 0 aliphatic heterocycles. The standard InChI is InChI=1S/C12H11BrClNO4S/c13-12-11(5-9(7-16)19-12)20(17,18)15-6-8-3-1-2-4-10(8)14/h1-5,15-16H,6-7H2. The van der Waals surface area contributed by atoms with Crippen LogP contribution in [0.2, 0.25) is 5.02 Å². The number of halogens is 2. The van der Waals surface area contributed by atoms with Gasteiger partial charge in [-0.15, -0.1) is 0 Å². The molecule has 108 valence electrons. The molecule has 0 saturated carbocycles. The largest absolute Gasteiger partial charge is 0.450 e. The summed E-state index contributed by atoms with van der Waals surface area (Å²) in [7, 11) is -3.76. The second-order valence-corrected chi connectivity index (χ2v) is 6.79. The summed E-state index contributed by atoms with van der Waals surface area (Å²) < 4.78 is 31.8. The topological polar surface area (TPSA) is 79.5 Å². The van der Waals surface area contributed by atoms with E-state index < -0.39 is 10.0 Å². The Morgan fingerprint density at radius 2 is 2.05 bits per heavy atom. The van der Waals surface area contributed by atoms with Crippen LogP contribution in [0.1, 0.15) is 11.3 Å². The molecule has 2 aromatic rings. The summed E-state index contributed by atoms with van der Waals surface area (Å²) in [6.07, 6.45) is 0. The molecule has 1 aromatic carbocycles. The Morgan fingerprint density at radius 3 is 2.65 bits per heavy atom. The van der Waals surface area contributed by atoms with Crippen LogP contribution in [0, 0.1) is 0 Å². The lowest BCUT2D eigenvalue weighted by atomic mass is 10.2. The van der Waals surface area contributed by atoms with Crippen molar-refractivity contribution in [1.82, 2.24) is 4.72 Å². The lowest BCUT2D eigenvalue weighted by molar-refractivity contribution is 0.245. The maximum absolute atomic E-state index is 12.1. The molecule has 0 amide bonds. The number of sulfonamides is 1. The van der Waals surface area contributed by atoms with Gasteiger partial charge >= 0.3 is 0 Å². The van der Waals surface area contributed by atoms with Crippen molar-refractivity contribution in [2.24, 2.45) is 0 Å². The zero-order chi connectivity index (χ0) is 14.8. The zero-order valence-electron chi connectivity index (χ0n) is 10.1. The quantitative estimate of drug-likeness (QED) is 0.836. The lowest BCUT2D eigenvalue weighted by Gasteiger charge is -2.06. The Balaban J connectivity index is 2.19. The number of aliphatic hydroxyl groups excluding tert-OH is 1. The fourth-order valence-electron chi connectivity index (χ4n) is 1.55. The molecular formula is C12H11BrClNO4S. The van der Waals surface area contributed by atoms with Gasteiger partial charge in [0.2, 0.25) is 10.0 Å². The van der Waals surface area contributed by atoms with E-state index in [1.54, 1.807) is 24.3 Å². The first kappa shape index (κ1) is 15.5. The molecule has 0 radical (unpaired) electrons. The third kappa shape index (κ3) is 3.42. The maximum atomic E-state index is 12.1.